The molecule has 2 N–H and O–H groups in total. The third-order valence-electron chi connectivity index (χ3n) is 3.62. The molecule has 18 heavy (non-hydrogen) atoms. The lowest BCUT2D eigenvalue weighted by molar-refractivity contribution is 0.414. The zero-order valence-corrected chi connectivity index (χ0v) is 11.2. The van der Waals surface area contributed by atoms with E-state index in [-0.39, 0.29) is 0 Å². The van der Waals surface area contributed by atoms with Gasteiger partial charge in [-0.25, -0.2) is 0 Å². The van der Waals surface area contributed by atoms with Crippen molar-refractivity contribution in [1.29, 1.82) is 0 Å². The summed E-state index contributed by atoms with van der Waals surface area (Å²) >= 11 is 0. The molecule has 0 saturated carbocycles. The summed E-state index contributed by atoms with van der Waals surface area (Å²) in [6.45, 7) is 4.59. The second kappa shape index (κ2) is 7.39. The molecule has 0 spiro atoms. The maximum Gasteiger partial charge on any atom is 0.119 e. The van der Waals surface area contributed by atoms with E-state index < -0.39 is 0 Å². The molecule has 1 aliphatic rings. The molecule has 1 unspecified atom stereocenters. The first-order chi connectivity index (χ1) is 8.88. The highest BCUT2D eigenvalue weighted by molar-refractivity contribution is 5.28. The molecule has 0 aromatic heterocycles. The predicted octanol–water partition coefficient (Wildman–Crippen LogP) is 1.83. The van der Waals surface area contributed by atoms with Crippen molar-refractivity contribution in [2.45, 2.75) is 19.3 Å². The average molecular weight is 248 g/mol. The van der Waals surface area contributed by atoms with E-state index in [9.17, 15) is 0 Å². The zero-order chi connectivity index (χ0) is 12.6. The molecule has 1 aliphatic heterocycles. The van der Waals surface area contributed by atoms with Gasteiger partial charge >= 0.3 is 0 Å². The minimum absolute atomic E-state index is 0.884. The van der Waals surface area contributed by atoms with Crippen LogP contribution in [-0.2, 0) is 6.42 Å². The first kappa shape index (κ1) is 13.4. The summed E-state index contributed by atoms with van der Waals surface area (Å²) < 4.78 is 5.22. The van der Waals surface area contributed by atoms with Gasteiger partial charge in [0.05, 0.1) is 7.11 Å². The van der Waals surface area contributed by atoms with Gasteiger partial charge in [0.2, 0.25) is 0 Å². The maximum absolute atomic E-state index is 5.22. The summed E-state index contributed by atoms with van der Waals surface area (Å²) in [6, 6.07) is 8.32. The number of ether oxygens (including phenoxy) is 1. The fourth-order valence-corrected chi connectivity index (χ4v) is 2.45. The SMILES string of the molecule is COc1cccc(CCNCCC2CCNC2)c1. The van der Waals surface area contributed by atoms with E-state index in [4.69, 9.17) is 4.74 Å². The molecule has 100 valence electrons. The van der Waals surface area contributed by atoms with Crippen LogP contribution in [0.25, 0.3) is 0 Å². The third kappa shape index (κ3) is 4.31. The van der Waals surface area contributed by atoms with Crippen LogP contribution >= 0.6 is 0 Å². The summed E-state index contributed by atoms with van der Waals surface area (Å²) in [5.74, 6) is 1.83. The Morgan fingerprint density at radius 2 is 2.33 bits per heavy atom. The Balaban J connectivity index is 1.59. The molecule has 1 saturated heterocycles. The molecule has 0 radical (unpaired) electrons. The molecule has 0 bridgehead atoms. The van der Waals surface area contributed by atoms with E-state index in [1.165, 1.54) is 31.5 Å². The van der Waals surface area contributed by atoms with Gasteiger partial charge in [0.15, 0.2) is 0 Å². The highest BCUT2D eigenvalue weighted by Crippen LogP contribution is 2.13. The van der Waals surface area contributed by atoms with Crippen molar-refractivity contribution in [2.24, 2.45) is 5.92 Å². The van der Waals surface area contributed by atoms with Crippen LogP contribution in [0.5, 0.6) is 5.75 Å². The lowest BCUT2D eigenvalue weighted by atomic mass is 10.1. The van der Waals surface area contributed by atoms with Crippen molar-refractivity contribution in [1.82, 2.24) is 10.6 Å². The lowest BCUT2D eigenvalue weighted by Crippen LogP contribution is -2.21. The largest absolute Gasteiger partial charge is 0.497 e. The molecule has 3 nitrogen and oxygen atoms in total. The standard InChI is InChI=1S/C15H24N2O/c1-18-15-4-2-3-13(11-15)5-8-16-9-6-14-7-10-17-12-14/h2-4,11,14,16-17H,5-10,12H2,1H3. The van der Waals surface area contributed by atoms with Crippen LogP contribution in [-0.4, -0.2) is 33.3 Å². The van der Waals surface area contributed by atoms with Crippen LogP contribution < -0.4 is 15.4 Å². The molecule has 1 aromatic carbocycles. The van der Waals surface area contributed by atoms with E-state index in [2.05, 4.69) is 28.8 Å². The molecule has 3 heteroatoms. The van der Waals surface area contributed by atoms with Gasteiger partial charge in [0.1, 0.15) is 5.75 Å². The summed E-state index contributed by atoms with van der Waals surface area (Å²) in [4.78, 5) is 0. The van der Waals surface area contributed by atoms with Crippen LogP contribution in [0.15, 0.2) is 24.3 Å². The normalized spacial score (nSPS) is 19.1. The predicted molar refractivity (Wildman–Crippen MR) is 75.2 cm³/mol. The number of hydrogen-bond acceptors (Lipinski definition) is 3. The third-order valence-corrected chi connectivity index (χ3v) is 3.62. The van der Waals surface area contributed by atoms with Crippen LogP contribution in [0.1, 0.15) is 18.4 Å². The van der Waals surface area contributed by atoms with Crippen molar-refractivity contribution < 1.29 is 4.74 Å². The number of benzene rings is 1. The molecule has 0 amide bonds. The Hall–Kier alpha value is -1.06. The molecular weight excluding hydrogens is 224 g/mol. The second-order valence-electron chi connectivity index (χ2n) is 5.00. The smallest absolute Gasteiger partial charge is 0.119 e. The average Bonchev–Trinajstić information content (AvgIpc) is 2.92. The van der Waals surface area contributed by atoms with Crippen molar-refractivity contribution in [3.8, 4) is 5.75 Å². The summed E-state index contributed by atoms with van der Waals surface area (Å²) in [5, 5.41) is 6.94. The topological polar surface area (TPSA) is 33.3 Å². The quantitative estimate of drug-likeness (QED) is 0.722. The summed E-state index contributed by atoms with van der Waals surface area (Å²) in [7, 11) is 1.72. The minimum atomic E-state index is 0.884. The van der Waals surface area contributed by atoms with Gasteiger partial charge < -0.3 is 15.4 Å². The van der Waals surface area contributed by atoms with Gasteiger partial charge in [-0.05, 0) is 69.1 Å². The minimum Gasteiger partial charge on any atom is -0.497 e. The molecule has 1 atom stereocenters. The van der Waals surface area contributed by atoms with E-state index in [1.807, 2.05) is 6.07 Å². The van der Waals surface area contributed by atoms with Gasteiger partial charge in [-0.1, -0.05) is 12.1 Å². The Bertz CT molecular complexity index is 348. The van der Waals surface area contributed by atoms with Crippen LogP contribution in [0.4, 0.5) is 0 Å². The molecule has 0 aliphatic carbocycles. The van der Waals surface area contributed by atoms with Crippen LogP contribution in [0.2, 0.25) is 0 Å². The number of nitrogens with one attached hydrogen (secondary N) is 2. The molecule has 1 aromatic rings. The van der Waals surface area contributed by atoms with Crippen LogP contribution in [0.3, 0.4) is 0 Å². The van der Waals surface area contributed by atoms with Gasteiger partial charge in [-0.3, -0.25) is 0 Å². The number of methoxy groups -OCH3 is 1. The Labute approximate surface area is 110 Å². The molecule has 1 heterocycles. The number of hydrogen-bond donors (Lipinski definition) is 2. The van der Waals surface area contributed by atoms with Crippen molar-refractivity contribution in [3.63, 3.8) is 0 Å². The highest BCUT2D eigenvalue weighted by atomic mass is 16.5. The Morgan fingerprint density at radius 1 is 1.39 bits per heavy atom. The van der Waals surface area contributed by atoms with Gasteiger partial charge in [-0.15, -0.1) is 0 Å². The Kier molecular flexibility index (Phi) is 5.49. The fraction of sp³-hybridized carbons (Fsp3) is 0.600. The highest BCUT2D eigenvalue weighted by Gasteiger charge is 2.12. The molecule has 1 fully saturated rings. The van der Waals surface area contributed by atoms with E-state index >= 15 is 0 Å². The monoisotopic (exact) mass is 248 g/mol. The lowest BCUT2D eigenvalue weighted by Gasteiger charge is -2.09. The van der Waals surface area contributed by atoms with Gasteiger partial charge in [0, 0.05) is 0 Å². The molecule has 2 rings (SSSR count). The molecular formula is C15H24N2O. The van der Waals surface area contributed by atoms with Crippen molar-refractivity contribution in [3.05, 3.63) is 29.8 Å². The van der Waals surface area contributed by atoms with Gasteiger partial charge in [0.25, 0.3) is 0 Å². The maximum atomic E-state index is 5.22. The van der Waals surface area contributed by atoms with Crippen molar-refractivity contribution in [2.75, 3.05) is 33.3 Å². The van der Waals surface area contributed by atoms with E-state index in [0.717, 1.165) is 31.2 Å². The van der Waals surface area contributed by atoms with Crippen molar-refractivity contribution >= 4 is 0 Å². The number of rotatable bonds is 7. The summed E-state index contributed by atoms with van der Waals surface area (Å²) in [5.41, 5.74) is 1.34. The fourth-order valence-electron chi connectivity index (χ4n) is 2.45. The zero-order valence-electron chi connectivity index (χ0n) is 11.2. The second-order valence-corrected chi connectivity index (χ2v) is 5.00. The van der Waals surface area contributed by atoms with Crippen LogP contribution in [0, 0.1) is 5.92 Å². The van der Waals surface area contributed by atoms with E-state index in [1.54, 1.807) is 7.11 Å². The summed E-state index contributed by atoms with van der Waals surface area (Å²) in [6.07, 6.45) is 3.71. The Morgan fingerprint density at radius 3 is 3.11 bits per heavy atom. The van der Waals surface area contributed by atoms with Gasteiger partial charge in [-0.2, -0.15) is 0 Å². The van der Waals surface area contributed by atoms with E-state index in [0.29, 0.717) is 0 Å². The first-order valence-corrected chi connectivity index (χ1v) is 6.93. The first-order valence-electron chi connectivity index (χ1n) is 6.93.